The van der Waals surface area contributed by atoms with E-state index in [0.717, 1.165) is 12.8 Å². The van der Waals surface area contributed by atoms with Crippen molar-refractivity contribution in [3.63, 3.8) is 0 Å². The Morgan fingerprint density at radius 1 is 1.62 bits per heavy atom. The fraction of sp³-hybridized carbons (Fsp3) is 0.727. The number of rotatable bonds is 3. The minimum absolute atomic E-state index is 0.187. The molecule has 0 spiro atoms. The summed E-state index contributed by atoms with van der Waals surface area (Å²) >= 11 is 0. The van der Waals surface area contributed by atoms with Crippen LogP contribution < -0.4 is 5.32 Å². The second kappa shape index (κ2) is 5.05. The molecule has 0 aromatic carbocycles. The summed E-state index contributed by atoms with van der Waals surface area (Å²) in [7, 11) is 0. The van der Waals surface area contributed by atoms with E-state index in [-0.39, 0.29) is 5.91 Å². The molecular weight excluding hydrogens is 162 g/mol. The van der Waals surface area contributed by atoms with Crippen molar-refractivity contribution >= 4 is 5.91 Å². The van der Waals surface area contributed by atoms with E-state index >= 15 is 0 Å². The smallest absolute Gasteiger partial charge is 0.220 e. The van der Waals surface area contributed by atoms with Gasteiger partial charge in [0.05, 0.1) is 0 Å². The topological polar surface area (TPSA) is 29.1 Å². The van der Waals surface area contributed by atoms with E-state index in [1.807, 2.05) is 0 Å². The van der Waals surface area contributed by atoms with Crippen LogP contribution in [0.2, 0.25) is 0 Å². The SMILES string of the molecule is CC(C)CC(=O)NC1C=CCCC1. The van der Waals surface area contributed by atoms with Crippen molar-refractivity contribution in [1.82, 2.24) is 5.32 Å². The van der Waals surface area contributed by atoms with Gasteiger partial charge in [-0.15, -0.1) is 0 Å². The van der Waals surface area contributed by atoms with Gasteiger partial charge in [-0.25, -0.2) is 0 Å². The van der Waals surface area contributed by atoms with Gasteiger partial charge in [-0.3, -0.25) is 4.79 Å². The normalized spacial score (nSPS) is 21.9. The van der Waals surface area contributed by atoms with Gasteiger partial charge in [0.1, 0.15) is 0 Å². The maximum Gasteiger partial charge on any atom is 0.220 e. The first-order chi connectivity index (χ1) is 6.18. The lowest BCUT2D eigenvalue weighted by atomic mass is 10.0. The average Bonchev–Trinajstić information content (AvgIpc) is 2.04. The Bertz CT molecular complexity index is 196. The maximum atomic E-state index is 11.4. The first-order valence-corrected chi connectivity index (χ1v) is 5.14. The van der Waals surface area contributed by atoms with Crippen molar-refractivity contribution in [2.45, 2.75) is 45.6 Å². The van der Waals surface area contributed by atoms with Crippen LogP contribution in [-0.2, 0) is 4.79 Å². The van der Waals surface area contributed by atoms with Crippen LogP contribution in [-0.4, -0.2) is 11.9 Å². The minimum atomic E-state index is 0.187. The predicted molar refractivity (Wildman–Crippen MR) is 54.4 cm³/mol. The van der Waals surface area contributed by atoms with Crippen molar-refractivity contribution in [2.75, 3.05) is 0 Å². The van der Waals surface area contributed by atoms with Gasteiger partial charge < -0.3 is 5.32 Å². The van der Waals surface area contributed by atoms with Gasteiger partial charge in [0.2, 0.25) is 5.91 Å². The molecule has 1 amide bonds. The molecule has 74 valence electrons. The molecular formula is C11H19NO. The average molecular weight is 181 g/mol. The molecule has 13 heavy (non-hydrogen) atoms. The molecule has 1 atom stereocenters. The van der Waals surface area contributed by atoms with Gasteiger partial charge in [-0.1, -0.05) is 26.0 Å². The largest absolute Gasteiger partial charge is 0.350 e. The third-order valence-electron chi connectivity index (χ3n) is 2.19. The molecule has 1 unspecified atom stereocenters. The molecule has 0 radical (unpaired) electrons. The summed E-state index contributed by atoms with van der Waals surface area (Å²) < 4.78 is 0. The number of hydrogen-bond donors (Lipinski definition) is 1. The Morgan fingerprint density at radius 2 is 2.38 bits per heavy atom. The molecule has 0 heterocycles. The summed E-state index contributed by atoms with van der Waals surface area (Å²) in [6, 6.07) is 0.292. The number of carbonyl (C=O) groups excluding carboxylic acids is 1. The molecule has 0 bridgehead atoms. The zero-order chi connectivity index (χ0) is 9.68. The Balaban J connectivity index is 2.26. The second-order valence-electron chi connectivity index (χ2n) is 4.13. The van der Waals surface area contributed by atoms with Gasteiger partial charge in [0.15, 0.2) is 0 Å². The van der Waals surface area contributed by atoms with E-state index < -0.39 is 0 Å². The molecule has 0 saturated carbocycles. The van der Waals surface area contributed by atoms with E-state index in [4.69, 9.17) is 0 Å². The van der Waals surface area contributed by atoms with Crippen LogP contribution in [0.3, 0.4) is 0 Å². The molecule has 0 fully saturated rings. The summed E-state index contributed by atoms with van der Waals surface area (Å²) in [5.41, 5.74) is 0. The first kappa shape index (κ1) is 10.3. The number of allylic oxidation sites excluding steroid dienone is 1. The monoisotopic (exact) mass is 181 g/mol. The molecule has 1 aliphatic carbocycles. The summed E-state index contributed by atoms with van der Waals surface area (Å²) in [5.74, 6) is 0.638. The van der Waals surface area contributed by atoms with Crippen LogP contribution in [0.4, 0.5) is 0 Å². The van der Waals surface area contributed by atoms with E-state index in [9.17, 15) is 4.79 Å². The maximum absolute atomic E-state index is 11.4. The molecule has 1 rings (SSSR count). The summed E-state index contributed by atoms with van der Waals surface area (Å²) in [6.45, 7) is 4.13. The zero-order valence-corrected chi connectivity index (χ0v) is 8.55. The van der Waals surface area contributed by atoms with Gasteiger partial charge in [0.25, 0.3) is 0 Å². The molecule has 1 aliphatic rings. The van der Waals surface area contributed by atoms with E-state index in [0.29, 0.717) is 18.4 Å². The number of hydrogen-bond acceptors (Lipinski definition) is 1. The van der Waals surface area contributed by atoms with Crippen LogP contribution in [0.25, 0.3) is 0 Å². The zero-order valence-electron chi connectivity index (χ0n) is 8.55. The van der Waals surface area contributed by atoms with E-state index in [2.05, 4.69) is 31.3 Å². The lowest BCUT2D eigenvalue weighted by molar-refractivity contribution is -0.122. The molecule has 2 nitrogen and oxygen atoms in total. The van der Waals surface area contributed by atoms with Crippen LogP contribution in [0.15, 0.2) is 12.2 Å². The molecule has 2 heteroatoms. The van der Waals surface area contributed by atoms with Gasteiger partial charge in [0, 0.05) is 12.5 Å². The highest BCUT2D eigenvalue weighted by atomic mass is 16.1. The lowest BCUT2D eigenvalue weighted by Gasteiger charge is -2.18. The highest BCUT2D eigenvalue weighted by molar-refractivity contribution is 5.76. The van der Waals surface area contributed by atoms with Crippen molar-refractivity contribution in [2.24, 2.45) is 5.92 Å². The summed E-state index contributed by atoms with van der Waals surface area (Å²) in [4.78, 5) is 11.4. The second-order valence-corrected chi connectivity index (χ2v) is 4.13. The van der Waals surface area contributed by atoms with Crippen LogP contribution >= 0.6 is 0 Å². The Morgan fingerprint density at radius 3 is 2.92 bits per heavy atom. The third kappa shape index (κ3) is 4.11. The number of carbonyl (C=O) groups is 1. The Hall–Kier alpha value is -0.790. The first-order valence-electron chi connectivity index (χ1n) is 5.14. The summed E-state index contributed by atoms with van der Waals surface area (Å²) in [5, 5.41) is 3.02. The van der Waals surface area contributed by atoms with Gasteiger partial charge in [-0.2, -0.15) is 0 Å². The van der Waals surface area contributed by atoms with Crippen LogP contribution in [0.5, 0.6) is 0 Å². The highest BCUT2D eigenvalue weighted by Crippen LogP contribution is 2.10. The summed E-state index contributed by atoms with van der Waals surface area (Å²) in [6.07, 6.45) is 8.37. The van der Waals surface area contributed by atoms with Crippen molar-refractivity contribution in [1.29, 1.82) is 0 Å². The molecule has 0 saturated heterocycles. The highest BCUT2D eigenvalue weighted by Gasteiger charge is 2.11. The van der Waals surface area contributed by atoms with Crippen molar-refractivity contribution < 1.29 is 4.79 Å². The fourth-order valence-electron chi connectivity index (χ4n) is 1.57. The van der Waals surface area contributed by atoms with Crippen molar-refractivity contribution in [3.8, 4) is 0 Å². The van der Waals surface area contributed by atoms with E-state index in [1.54, 1.807) is 0 Å². The van der Waals surface area contributed by atoms with Crippen molar-refractivity contribution in [3.05, 3.63) is 12.2 Å². The van der Waals surface area contributed by atoms with Crippen LogP contribution in [0.1, 0.15) is 39.5 Å². The van der Waals surface area contributed by atoms with Gasteiger partial charge >= 0.3 is 0 Å². The Labute approximate surface area is 80.4 Å². The quantitative estimate of drug-likeness (QED) is 0.665. The fourth-order valence-corrected chi connectivity index (χ4v) is 1.57. The number of amides is 1. The molecule has 1 N–H and O–H groups in total. The molecule has 0 aromatic heterocycles. The standard InChI is InChI=1S/C11H19NO/c1-9(2)8-11(13)12-10-6-4-3-5-7-10/h4,6,9-10H,3,5,7-8H2,1-2H3,(H,12,13). The van der Waals surface area contributed by atoms with Gasteiger partial charge in [-0.05, 0) is 25.2 Å². The third-order valence-corrected chi connectivity index (χ3v) is 2.19. The van der Waals surface area contributed by atoms with Crippen LogP contribution in [0, 0.1) is 5.92 Å². The lowest BCUT2D eigenvalue weighted by Crippen LogP contribution is -2.34. The molecule has 0 aliphatic heterocycles. The number of nitrogens with one attached hydrogen (secondary N) is 1. The van der Waals surface area contributed by atoms with E-state index in [1.165, 1.54) is 6.42 Å². The Kier molecular flexibility index (Phi) is 4.00. The molecule has 0 aromatic rings. The minimum Gasteiger partial charge on any atom is -0.350 e. The predicted octanol–water partition coefficient (Wildman–Crippen LogP) is 2.26.